The number of carbonyl (C=O) groups excluding carboxylic acids is 1. The van der Waals surface area contributed by atoms with Crippen LogP contribution < -0.4 is 10.2 Å². The summed E-state index contributed by atoms with van der Waals surface area (Å²) in [5.41, 5.74) is 1.63. The molecule has 0 spiro atoms. The van der Waals surface area contributed by atoms with E-state index in [0.717, 1.165) is 10.5 Å². The molecular weight excluding hydrogens is 365 g/mol. The first-order valence-corrected chi connectivity index (χ1v) is 8.32. The Kier molecular flexibility index (Phi) is 6.36. The topological polar surface area (TPSA) is 76.7 Å². The second-order valence-electron chi connectivity index (χ2n) is 5.82. The molecule has 0 saturated heterocycles. The fourth-order valence-electron chi connectivity index (χ4n) is 2.48. The summed E-state index contributed by atoms with van der Waals surface area (Å²) in [6, 6.07) is 9.88. The molecule has 0 saturated carbocycles. The maximum absolute atomic E-state index is 12.3. The number of amides is 1. The van der Waals surface area contributed by atoms with E-state index < -0.39 is 4.92 Å². The smallest absolute Gasteiger partial charge is 0.293 e. The number of benzene rings is 2. The molecule has 0 aliphatic rings. The fourth-order valence-corrected chi connectivity index (χ4v) is 2.95. The summed E-state index contributed by atoms with van der Waals surface area (Å²) in [7, 11) is 1.84. The van der Waals surface area contributed by atoms with Crippen LogP contribution in [-0.2, 0) is 11.3 Å². The van der Waals surface area contributed by atoms with Gasteiger partial charge in [-0.25, -0.2) is 0 Å². The summed E-state index contributed by atoms with van der Waals surface area (Å²) < 4.78 is 0. The molecule has 0 fully saturated rings. The molecule has 1 unspecified atom stereocenters. The first-order valence-electron chi connectivity index (χ1n) is 7.57. The number of quaternary nitrogens is 1. The first-order chi connectivity index (χ1) is 11.8. The van der Waals surface area contributed by atoms with Crippen LogP contribution in [0.25, 0.3) is 0 Å². The molecule has 2 rings (SSSR count). The van der Waals surface area contributed by atoms with Gasteiger partial charge in [-0.3, -0.25) is 14.9 Å². The number of hydrogen-bond donors (Lipinski definition) is 2. The van der Waals surface area contributed by atoms with Crippen LogP contribution in [0.15, 0.2) is 36.4 Å². The number of anilines is 1. The number of nitro benzene ring substituents is 1. The van der Waals surface area contributed by atoms with E-state index in [9.17, 15) is 14.9 Å². The number of likely N-dealkylation sites (N-methyl/N-ethyl adjacent to an activating group) is 1. The Morgan fingerprint density at radius 2 is 2.00 bits per heavy atom. The Morgan fingerprint density at radius 1 is 1.28 bits per heavy atom. The zero-order valence-corrected chi connectivity index (χ0v) is 15.3. The number of para-hydroxylation sites is 1. The standard InChI is InChI=1S/C17H17Cl2N3O3/c1-11-4-3-5-15(22(24)25)17(11)20-16(23)10-21(2)9-12-6-7-13(18)8-14(12)19/h3-8H,9-10H2,1-2H3,(H,20,23)/p+1. The van der Waals surface area contributed by atoms with Gasteiger partial charge in [-0.05, 0) is 24.6 Å². The van der Waals surface area contributed by atoms with Gasteiger partial charge in [0.05, 0.1) is 17.0 Å². The molecule has 0 aromatic heterocycles. The maximum Gasteiger partial charge on any atom is 0.293 e. The monoisotopic (exact) mass is 382 g/mol. The van der Waals surface area contributed by atoms with Gasteiger partial charge in [0.2, 0.25) is 0 Å². The summed E-state index contributed by atoms with van der Waals surface area (Å²) >= 11 is 12.0. The number of hydrogen-bond acceptors (Lipinski definition) is 3. The molecule has 6 nitrogen and oxygen atoms in total. The Balaban J connectivity index is 2.04. The molecular formula is C17H18Cl2N3O3+. The average Bonchev–Trinajstić information content (AvgIpc) is 2.51. The lowest BCUT2D eigenvalue weighted by Crippen LogP contribution is -3.08. The van der Waals surface area contributed by atoms with E-state index in [-0.39, 0.29) is 23.8 Å². The quantitative estimate of drug-likeness (QED) is 0.595. The van der Waals surface area contributed by atoms with Gasteiger partial charge in [0.1, 0.15) is 12.2 Å². The molecule has 1 atom stereocenters. The van der Waals surface area contributed by atoms with Crippen molar-refractivity contribution in [1.29, 1.82) is 0 Å². The van der Waals surface area contributed by atoms with Crippen molar-refractivity contribution in [2.24, 2.45) is 0 Å². The van der Waals surface area contributed by atoms with Crippen LogP contribution >= 0.6 is 23.2 Å². The van der Waals surface area contributed by atoms with Crippen molar-refractivity contribution in [3.8, 4) is 0 Å². The molecule has 2 aromatic carbocycles. The van der Waals surface area contributed by atoms with Crippen molar-refractivity contribution in [3.05, 3.63) is 67.7 Å². The van der Waals surface area contributed by atoms with Crippen LogP contribution in [0, 0.1) is 17.0 Å². The molecule has 25 heavy (non-hydrogen) atoms. The number of aryl methyl sites for hydroxylation is 1. The number of nitrogens with zero attached hydrogens (tertiary/aromatic N) is 1. The predicted octanol–water partition coefficient (Wildman–Crippen LogP) is 2.86. The van der Waals surface area contributed by atoms with Gasteiger partial charge in [0.25, 0.3) is 11.6 Å². The third-order valence-electron chi connectivity index (χ3n) is 3.68. The van der Waals surface area contributed by atoms with Gasteiger partial charge >= 0.3 is 0 Å². The molecule has 2 N–H and O–H groups in total. The molecule has 0 heterocycles. The third kappa shape index (κ3) is 5.16. The van der Waals surface area contributed by atoms with Crippen molar-refractivity contribution >= 4 is 40.5 Å². The minimum absolute atomic E-state index is 0.119. The molecule has 2 aromatic rings. The van der Waals surface area contributed by atoms with Gasteiger partial charge < -0.3 is 10.2 Å². The molecule has 0 bridgehead atoms. The zero-order chi connectivity index (χ0) is 18.6. The van der Waals surface area contributed by atoms with Crippen LogP contribution in [0.3, 0.4) is 0 Å². The van der Waals surface area contributed by atoms with Crippen LogP contribution in [0.2, 0.25) is 10.0 Å². The number of carbonyl (C=O) groups is 1. The second-order valence-corrected chi connectivity index (χ2v) is 6.66. The Labute approximate surface area is 155 Å². The molecule has 8 heteroatoms. The molecule has 132 valence electrons. The van der Waals surface area contributed by atoms with Gasteiger partial charge in [0, 0.05) is 16.7 Å². The van der Waals surface area contributed by atoms with Crippen LogP contribution in [-0.4, -0.2) is 24.4 Å². The van der Waals surface area contributed by atoms with Crippen molar-refractivity contribution < 1.29 is 14.6 Å². The SMILES string of the molecule is Cc1cccc([N+](=O)[O-])c1NC(=O)C[NH+](C)Cc1ccc(Cl)cc1Cl. The summed E-state index contributed by atoms with van der Waals surface area (Å²) in [6.45, 7) is 2.39. The Morgan fingerprint density at radius 3 is 2.64 bits per heavy atom. The summed E-state index contributed by atoms with van der Waals surface area (Å²) in [6.07, 6.45) is 0. The second kappa shape index (κ2) is 8.29. The summed E-state index contributed by atoms with van der Waals surface area (Å²) in [5, 5.41) is 14.8. The Hall–Kier alpha value is -2.15. The van der Waals surface area contributed by atoms with Crippen LogP contribution in [0.4, 0.5) is 11.4 Å². The largest absolute Gasteiger partial charge is 0.326 e. The first kappa shape index (κ1) is 19.2. The van der Waals surface area contributed by atoms with Crippen molar-refractivity contribution in [3.63, 3.8) is 0 Å². The highest BCUT2D eigenvalue weighted by Crippen LogP contribution is 2.27. The third-order valence-corrected chi connectivity index (χ3v) is 4.27. The van der Waals surface area contributed by atoms with E-state index in [2.05, 4.69) is 5.32 Å². The predicted molar refractivity (Wildman–Crippen MR) is 98.4 cm³/mol. The molecule has 0 aliphatic carbocycles. The lowest BCUT2D eigenvalue weighted by atomic mass is 10.1. The van der Waals surface area contributed by atoms with Gasteiger partial charge in [-0.2, -0.15) is 0 Å². The van der Waals surface area contributed by atoms with Gasteiger partial charge in [-0.1, -0.05) is 41.4 Å². The average molecular weight is 383 g/mol. The van der Waals surface area contributed by atoms with Crippen molar-refractivity contribution in [1.82, 2.24) is 0 Å². The van der Waals surface area contributed by atoms with Gasteiger partial charge in [-0.15, -0.1) is 0 Å². The number of nitrogens with one attached hydrogen (secondary N) is 2. The van der Waals surface area contributed by atoms with E-state index in [1.807, 2.05) is 13.1 Å². The summed E-state index contributed by atoms with van der Waals surface area (Å²) in [4.78, 5) is 23.8. The number of rotatable bonds is 6. The molecule has 0 radical (unpaired) electrons. The molecule has 0 aliphatic heterocycles. The lowest BCUT2D eigenvalue weighted by molar-refractivity contribution is -0.885. The highest BCUT2D eigenvalue weighted by atomic mass is 35.5. The Bertz CT molecular complexity index is 812. The number of halogens is 2. The minimum Gasteiger partial charge on any atom is -0.326 e. The van der Waals surface area contributed by atoms with E-state index in [0.29, 0.717) is 22.2 Å². The molecule has 1 amide bonds. The van der Waals surface area contributed by atoms with E-state index >= 15 is 0 Å². The van der Waals surface area contributed by atoms with Crippen molar-refractivity contribution in [2.45, 2.75) is 13.5 Å². The fraction of sp³-hybridized carbons (Fsp3) is 0.235. The van der Waals surface area contributed by atoms with E-state index in [4.69, 9.17) is 23.2 Å². The maximum atomic E-state index is 12.3. The summed E-state index contributed by atoms with van der Waals surface area (Å²) in [5.74, 6) is -0.306. The lowest BCUT2D eigenvalue weighted by Gasteiger charge is -2.15. The zero-order valence-electron chi connectivity index (χ0n) is 13.8. The van der Waals surface area contributed by atoms with Crippen LogP contribution in [0.5, 0.6) is 0 Å². The van der Waals surface area contributed by atoms with Gasteiger partial charge in [0.15, 0.2) is 6.54 Å². The normalized spacial score (nSPS) is 11.8. The minimum atomic E-state index is -0.507. The van der Waals surface area contributed by atoms with Crippen LogP contribution in [0.1, 0.15) is 11.1 Å². The highest BCUT2D eigenvalue weighted by molar-refractivity contribution is 6.35. The van der Waals surface area contributed by atoms with E-state index in [1.54, 1.807) is 31.2 Å². The number of nitro groups is 1. The van der Waals surface area contributed by atoms with E-state index in [1.165, 1.54) is 6.07 Å². The van der Waals surface area contributed by atoms with Crippen molar-refractivity contribution in [2.75, 3.05) is 18.9 Å². The highest BCUT2D eigenvalue weighted by Gasteiger charge is 2.20.